The van der Waals surface area contributed by atoms with Gasteiger partial charge in [-0.3, -0.25) is 0 Å². The highest BCUT2D eigenvalue weighted by Gasteiger charge is 2.14. The van der Waals surface area contributed by atoms with Gasteiger partial charge in [-0.25, -0.2) is 4.98 Å². The van der Waals surface area contributed by atoms with E-state index < -0.39 is 0 Å². The van der Waals surface area contributed by atoms with Crippen molar-refractivity contribution in [3.63, 3.8) is 0 Å². The van der Waals surface area contributed by atoms with Gasteiger partial charge in [0.25, 0.3) is 0 Å². The van der Waals surface area contributed by atoms with Gasteiger partial charge in [-0.2, -0.15) is 0 Å². The van der Waals surface area contributed by atoms with E-state index in [1.54, 1.807) is 6.20 Å². The zero-order valence-corrected chi connectivity index (χ0v) is 10.4. The molecule has 0 atom stereocenters. The molecule has 0 aliphatic carbocycles. The Bertz CT molecular complexity index is 476. The average molecular weight is 214 g/mol. The van der Waals surface area contributed by atoms with Gasteiger partial charge in [-0.15, -0.1) is 0 Å². The fraction of sp³-hybridized carbons (Fsp3) is 0.357. The van der Waals surface area contributed by atoms with Crippen LogP contribution in [-0.2, 0) is 5.41 Å². The van der Waals surface area contributed by atoms with Crippen molar-refractivity contribution in [2.45, 2.75) is 33.1 Å². The molecule has 0 saturated heterocycles. The first-order chi connectivity index (χ1) is 7.47. The number of benzene rings is 1. The third kappa shape index (κ3) is 2.16. The molecule has 0 saturated carbocycles. The lowest BCUT2D eigenvalue weighted by atomic mass is 9.86. The third-order valence-electron chi connectivity index (χ3n) is 2.73. The Kier molecular flexibility index (Phi) is 2.58. The molecule has 0 N–H and O–H groups in total. The van der Waals surface area contributed by atoms with Crippen LogP contribution in [0, 0.1) is 6.92 Å². The van der Waals surface area contributed by atoms with E-state index in [1.165, 1.54) is 16.8 Å². The first-order valence-electron chi connectivity index (χ1n) is 5.57. The Morgan fingerprint density at radius 1 is 1.12 bits per heavy atom. The molecule has 1 heterocycles. The lowest BCUT2D eigenvalue weighted by molar-refractivity contribution is 0.589. The van der Waals surface area contributed by atoms with Crippen LogP contribution in [0.15, 0.2) is 36.9 Å². The standard InChI is InChI=1S/C14H18N2/c1-11-7-12(14(2,3)4)9-13(8-11)16-6-5-15-10-16/h5-10H,1-4H3. The van der Waals surface area contributed by atoms with Gasteiger partial charge in [0.15, 0.2) is 0 Å². The van der Waals surface area contributed by atoms with Crippen LogP contribution in [0.5, 0.6) is 0 Å². The quantitative estimate of drug-likeness (QED) is 0.710. The third-order valence-corrected chi connectivity index (χ3v) is 2.73. The lowest BCUT2D eigenvalue weighted by Gasteiger charge is -2.21. The number of hydrogen-bond donors (Lipinski definition) is 0. The van der Waals surface area contributed by atoms with Crippen LogP contribution in [0.4, 0.5) is 0 Å². The summed E-state index contributed by atoms with van der Waals surface area (Å²) in [6, 6.07) is 6.66. The summed E-state index contributed by atoms with van der Waals surface area (Å²) in [5.41, 5.74) is 4.01. The number of hydrogen-bond acceptors (Lipinski definition) is 1. The van der Waals surface area contributed by atoms with Crippen molar-refractivity contribution in [1.82, 2.24) is 9.55 Å². The molecule has 1 aromatic heterocycles. The molecule has 0 aliphatic rings. The summed E-state index contributed by atoms with van der Waals surface area (Å²) in [4.78, 5) is 4.08. The molecule has 0 amide bonds. The molecule has 0 aliphatic heterocycles. The van der Waals surface area contributed by atoms with E-state index in [-0.39, 0.29) is 5.41 Å². The highest BCUT2D eigenvalue weighted by Crippen LogP contribution is 2.25. The van der Waals surface area contributed by atoms with Gasteiger partial charge in [0.1, 0.15) is 0 Å². The maximum absolute atomic E-state index is 4.08. The van der Waals surface area contributed by atoms with Crippen molar-refractivity contribution in [3.05, 3.63) is 48.0 Å². The molecule has 0 spiro atoms. The summed E-state index contributed by atoms with van der Waals surface area (Å²) in [5, 5.41) is 0. The van der Waals surface area contributed by atoms with Crippen LogP contribution in [-0.4, -0.2) is 9.55 Å². The van der Waals surface area contributed by atoms with E-state index in [4.69, 9.17) is 0 Å². The van der Waals surface area contributed by atoms with Crippen molar-refractivity contribution in [3.8, 4) is 5.69 Å². The van der Waals surface area contributed by atoms with Crippen LogP contribution in [0.25, 0.3) is 5.69 Å². The maximum Gasteiger partial charge on any atom is 0.0991 e. The van der Waals surface area contributed by atoms with Gasteiger partial charge in [-0.1, -0.05) is 26.8 Å². The molecule has 2 heteroatoms. The maximum atomic E-state index is 4.08. The smallest absolute Gasteiger partial charge is 0.0991 e. The molecule has 2 nitrogen and oxygen atoms in total. The highest BCUT2D eigenvalue weighted by atomic mass is 15.0. The number of nitrogens with zero attached hydrogens (tertiary/aromatic N) is 2. The number of imidazole rings is 1. The molecule has 1 aromatic carbocycles. The van der Waals surface area contributed by atoms with E-state index in [9.17, 15) is 0 Å². The predicted octanol–water partition coefficient (Wildman–Crippen LogP) is 3.48. The fourth-order valence-corrected chi connectivity index (χ4v) is 1.76. The summed E-state index contributed by atoms with van der Waals surface area (Å²) >= 11 is 0. The van der Waals surface area contributed by atoms with Crippen molar-refractivity contribution >= 4 is 0 Å². The molecule has 16 heavy (non-hydrogen) atoms. The zero-order chi connectivity index (χ0) is 11.8. The highest BCUT2D eigenvalue weighted by molar-refractivity contribution is 5.42. The fourth-order valence-electron chi connectivity index (χ4n) is 1.76. The number of aryl methyl sites for hydroxylation is 1. The number of aromatic nitrogens is 2. The minimum atomic E-state index is 0.182. The number of rotatable bonds is 1. The largest absolute Gasteiger partial charge is 0.306 e. The normalized spacial score (nSPS) is 11.8. The molecular formula is C14H18N2. The van der Waals surface area contributed by atoms with E-state index in [1.807, 2.05) is 17.1 Å². The molecule has 2 aromatic rings. The van der Waals surface area contributed by atoms with E-state index in [0.29, 0.717) is 0 Å². The minimum Gasteiger partial charge on any atom is -0.306 e. The second-order valence-corrected chi connectivity index (χ2v) is 5.28. The Morgan fingerprint density at radius 2 is 1.88 bits per heavy atom. The van der Waals surface area contributed by atoms with Gasteiger partial charge in [0.2, 0.25) is 0 Å². The van der Waals surface area contributed by atoms with E-state index in [2.05, 4.69) is 50.9 Å². The van der Waals surface area contributed by atoms with Gasteiger partial charge >= 0.3 is 0 Å². The Balaban J connectivity index is 2.53. The van der Waals surface area contributed by atoms with E-state index in [0.717, 1.165) is 0 Å². The minimum absolute atomic E-state index is 0.182. The lowest BCUT2D eigenvalue weighted by Crippen LogP contribution is -2.12. The van der Waals surface area contributed by atoms with Gasteiger partial charge in [0.05, 0.1) is 6.33 Å². The van der Waals surface area contributed by atoms with Crippen LogP contribution >= 0.6 is 0 Å². The first kappa shape index (κ1) is 10.9. The van der Waals surface area contributed by atoms with Crippen LogP contribution in [0.3, 0.4) is 0 Å². The SMILES string of the molecule is Cc1cc(-n2ccnc2)cc(C(C)(C)C)c1. The molecule has 0 unspecified atom stereocenters. The molecule has 0 bridgehead atoms. The van der Waals surface area contributed by atoms with Gasteiger partial charge in [-0.05, 0) is 35.6 Å². The predicted molar refractivity (Wildman–Crippen MR) is 67.0 cm³/mol. The summed E-state index contributed by atoms with van der Waals surface area (Å²) in [6.45, 7) is 8.84. The van der Waals surface area contributed by atoms with Gasteiger partial charge < -0.3 is 4.57 Å². The Labute approximate surface area is 97.0 Å². The van der Waals surface area contributed by atoms with Gasteiger partial charge in [0, 0.05) is 18.1 Å². The van der Waals surface area contributed by atoms with Crippen LogP contribution in [0.2, 0.25) is 0 Å². The van der Waals surface area contributed by atoms with E-state index >= 15 is 0 Å². The Morgan fingerprint density at radius 3 is 2.44 bits per heavy atom. The molecule has 84 valence electrons. The van der Waals surface area contributed by atoms with Crippen molar-refractivity contribution in [1.29, 1.82) is 0 Å². The molecule has 2 rings (SSSR count). The zero-order valence-electron chi connectivity index (χ0n) is 10.4. The van der Waals surface area contributed by atoms with Crippen LogP contribution < -0.4 is 0 Å². The molecule has 0 fully saturated rings. The first-order valence-corrected chi connectivity index (χ1v) is 5.57. The second-order valence-electron chi connectivity index (χ2n) is 5.28. The topological polar surface area (TPSA) is 17.8 Å². The molecule has 0 radical (unpaired) electrons. The second kappa shape index (κ2) is 3.78. The monoisotopic (exact) mass is 214 g/mol. The van der Waals surface area contributed by atoms with Crippen molar-refractivity contribution in [2.75, 3.05) is 0 Å². The van der Waals surface area contributed by atoms with Crippen molar-refractivity contribution in [2.24, 2.45) is 0 Å². The summed E-state index contributed by atoms with van der Waals surface area (Å²) in [5.74, 6) is 0. The van der Waals surface area contributed by atoms with Crippen molar-refractivity contribution < 1.29 is 0 Å². The summed E-state index contributed by atoms with van der Waals surface area (Å²) in [6.07, 6.45) is 5.61. The average Bonchev–Trinajstić information content (AvgIpc) is 2.68. The summed E-state index contributed by atoms with van der Waals surface area (Å²) < 4.78 is 2.04. The van der Waals surface area contributed by atoms with Crippen LogP contribution in [0.1, 0.15) is 31.9 Å². The Hall–Kier alpha value is -1.57. The summed E-state index contributed by atoms with van der Waals surface area (Å²) in [7, 11) is 0. The molecular weight excluding hydrogens is 196 g/mol.